The van der Waals surface area contributed by atoms with Gasteiger partial charge in [0.2, 0.25) is 0 Å². The fourth-order valence-electron chi connectivity index (χ4n) is 3.19. The highest BCUT2D eigenvalue weighted by atomic mass is 32.1. The van der Waals surface area contributed by atoms with E-state index < -0.39 is 0 Å². The number of anilines is 2. The molecular formula is C14H23N5OS. The number of thiazole rings is 1. The summed E-state index contributed by atoms with van der Waals surface area (Å²) in [6.45, 7) is 1.68. The lowest BCUT2D eigenvalue weighted by Crippen LogP contribution is -2.35. The predicted molar refractivity (Wildman–Crippen MR) is 85.7 cm³/mol. The van der Waals surface area contributed by atoms with E-state index in [1.54, 1.807) is 0 Å². The smallest absolute Gasteiger partial charge is 0.267 e. The van der Waals surface area contributed by atoms with Gasteiger partial charge in [-0.25, -0.2) is 4.98 Å². The number of nitrogens with two attached hydrogens (primary N) is 2. The molecule has 0 bridgehead atoms. The lowest BCUT2D eigenvalue weighted by Gasteiger charge is -2.23. The molecule has 1 aromatic heterocycles. The molecule has 2 aliphatic rings. The molecule has 1 aliphatic heterocycles. The minimum absolute atomic E-state index is 0.00615. The van der Waals surface area contributed by atoms with Crippen molar-refractivity contribution in [2.24, 2.45) is 5.73 Å². The molecule has 2 fully saturated rings. The highest BCUT2D eigenvalue weighted by Crippen LogP contribution is 2.32. The van der Waals surface area contributed by atoms with Crippen LogP contribution in [-0.2, 0) is 0 Å². The first-order chi connectivity index (χ1) is 10.1. The van der Waals surface area contributed by atoms with Crippen LogP contribution in [0.4, 0.5) is 10.9 Å². The third kappa shape index (κ3) is 2.85. The molecule has 0 radical (unpaired) electrons. The largest absolute Gasteiger partial charge is 0.382 e. The van der Waals surface area contributed by atoms with Crippen LogP contribution in [0.5, 0.6) is 0 Å². The molecule has 3 rings (SSSR count). The Balaban J connectivity index is 1.75. The van der Waals surface area contributed by atoms with Crippen molar-refractivity contribution in [1.82, 2.24) is 9.88 Å². The second kappa shape index (κ2) is 5.81. The number of rotatable bonds is 3. The van der Waals surface area contributed by atoms with E-state index in [1.165, 1.54) is 24.2 Å². The van der Waals surface area contributed by atoms with Crippen molar-refractivity contribution in [1.29, 1.82) is 0 Å². The number of aromatic nitrogens is 1. The van der Waals surface area contributed by atoms with Crippen LogP contribution in [0.3, 0.4) is 0 Å². The molecule has 1 amide bonds. The number of carbonyl (C=O) groups is 1. The van der Waals surface area contributed by atoms with Gasteiger partial charge >= 0.3 is 0 Å². The SMILES string of the molecule is CN(C(=O)c1sc(N2CCC(N)C2)nc1N)C1CCCC1. The normalized spacial score (nSPS) is 23.0. The maximum Gasteiger partial charge on any atom is 0.267 e. The Bertz CT molecular complexity index is 525. The first-order valence-corrected chi connectivity index (χ1v) is 8.42. The fourth-order valence-corrected chi connectivity index (χ4v) is 4.19. The molecule has 1 aliphatic carbocycles. The van der Waals surface area contributed by atoms with Crippen molar-refractivity contribution in [3.05, 3.63) is 4.88 Å². The molecule has 1 unspecified atom stereocenters. The molecule has 6 nitrogen and oxygen atoms in total. The summed E-state index contributed by atoms with van der Waals surface area (Å²) in [4.78, 5) is 21.5. The molecule has 21 heavy (non-hydrogen) atoms. The zero-order valence-electron chi connectivity index (χ0n) is 12.4. The van der Waals surface area contributed by atoms with Gasteiger partial charge in [0.05, 0.1) is 0 Å². The van der Waals surface area contributed by atoms with E-state index >= 15 is 0 Å². The minimum Gasteiger partial charge on any atom is -0.382 e. The van der Waals surface area contributed by atoms with Crippen LogP contribution in [0.2, 0.25) is 0 Å². The van der Waals surface area contributed by atoms with Crippen LogP contribution < -0.4 is 16.4 Å². The summed E-state index contributed by atoms with van der Waals surface area (Å²) in [5, 5.41) is 0.823. The average molecular weight is 309 g/mol. The van der Waals surface area contributed by atoms with Crippen molar-refractivity contribution in [2.75, 3.05) is 30.8 Å². The molecule has 116 valence electrons. The molecule has 2 heterocycles. The van der Waals surface area contributed by atoms with Gasteiger partial charge in [-0.2, -0.15) is 0 Å². The van der Waals surface area contributed by atoms with Crippen LogP contribution in [-0.4, -0.2) is 48.0 Å². The minimum atomic E-state index is 0.00615. The van der Waals surface area contributed by atoms with Gasteiger partial charge in [0.15, 0.2) is 5.13 Å². The Morgan fingerprint density at radius 3 is 2.71 bits per heavy atom. The van der Waals surface area contributed by atoms with Crippen LogP contribution in [0.1, 0.15) is 41.8 Å². The molecule has 4 N–H and O–H groups in total. The number of hydrogen-bond donors (Lipinski definition) is 2. The van der Waals surface area contributed by atoms with E-state index in [-0.39, 0.29) is 11.9 Å². The Morgan fingerprint density at radius 1 is 1.38 bits per heavy atom. The van der Waals surface area contributed by atoms with E-state index in [9.17, 15) is 4.79 Å². The Kier molecular flexibility index (Phi) is 4.03. The van der Waals surface area contributed by atoms with E-state index in [1.807, 2.05) is 11.9 Å². The third-order valence-corrected chi connectivity index (χ3v) is 5.64. The maximum absolute atomic E-state index is 12.6. The molecule has 1 saturated heterocycles. The van der Waals surface area contributed by atoms with Gasteiger partial charge in [-0.15, -0.1) is 0 Å². The highest BCUT2D eigenvalue weighted by Gasteiger charge is 2.29. The molecule has 0 spiro atoms. The second-order valence-electron chi connectivity index (χ2n) is 6.06. The monoisotopic (exact) mass is 309 g/mol. The molecular weight excluding hydrogens is 286 g/mol. The molecule has 1 saturated carbocycles. The summed E-state index contributed by atoms with van der Waals surface area (Å²) >= 11 is 1.40. The molecule has 1 atom stereocenters. The Labute approximate surface area is 129 Å². The summed E-state index contributed by atoms with van der Waals surface area (Å²) in [5.41, 5.74) is 11.9. The lowest BCUT2D eigenvalue weighted by molar-refractivity contribution is 0.0741. The van der Waals surface area contributed by atoms with Gasteiger partial charge in [-0.1, -0.05) is 24.2 Å². The van der Waals surface area contributed by atoms with E-state index in [0.29, 0.717) is 16.7 Å². The van der Waals surface area contributed by atoms with Crippen LogP contribution in [0.25, 0.3) is 0 Å². The topological polar surface area (TPSA) is 88.5 Å². The summed E-state index contributed by atoms with van der Waals surface area (Å²) < 4.78 is 0. The summed E-state index contributed by atoms with van der Waals surface area (Å²) in [5.74, 6) is 0.358. The Hall–Kier alpha value is -1.34. The lowest BCUT2D eigenvalue weighted by atomic mass is 10.2. The maximum atomic E-state index is 12.6. The summed E-state index contributed by atoms with van der Waals surface area (Å²) in [7, 11) is 1.88. The quantitative estimate of drug-likeness (QED) is 0.878. The first-order valence-electron chi connectivity index (χ1n) is 7.60. The van der Waals surface area contributed by atoms with Gasteiger partial charge < -0.3 is 21.3 Å². The number of amides is 1. The molecule has 7 heteroatoms. The Morgan fingerprint density at radius 2 is 2.10 bits per heavy atom. The van der Waals surface area contributed by atoms with Crippen molar-refractivity contribution < 1.29 is 4.79 Å². The van der Waals surface area contributed by atoms with E-state index in [4.69, 9.17) is 11.5 Å². The van der Waals surface area contributed by atoms with Crippen LogP contribution >= 0.6 is 11.3 Å². The fraction of sp³-hybridized carbons (Fsp3) is 0.714. The van der Waals surface area contributed by atoms with Crippen molar-refractivity contribution >= 4 is 28.2 Å². The van der Waals surface area contributed by atoms with E-state index in [2.05, 4.69) is 9.88 Å². The first kappa shape index (κ1) is 14.6. The summed E-state index contributed by atoms with van der Waals surface area (Å²) in [6, 6.07) is 0.540. The van der Waals surface area contributed by atoms with Gasteiger partial charge in [0.25, 0.3) is 5.91 Å². The van der Waals surface area contributed by atoms with Crippen molar-refractivity contribution in [3.63, 3.8) is 0 Å². The van der Waals surface area contributed by atoms with Crippen LogP contribution in [0.15, 0.2) is 0 Å². The zero-order valence-corrected chi connectivity index (χ0v) is 13.2. The van der Waals surface area contributed by atoms with Gasteiger partial charge in [-0.3, -0.25) is 4.79 Å². The van der Waals surface area contributed by atoms with E-state index in [0.717, 1.165) is 37.5 Å². The molecule has 1 aromatic rings. The standard InChI is InChI=1S/C14H23N5OS/c1-18(10-4-2-3-5-10)13(20)11-12(16)17-14(21-11)19-7-6-9(15)8-19/h9-10H,2-8,15-16H2,1H3. The van der Waals surface area contributed by atoms with Gasteiger partial charge in [0.1, 0.15) is 10.7 Å². The summed E-state index contributed by atoms with van der Waals surface area (Å²) in [6.07, 6.45) is 5.56. The zero-order chi connectivity index (χ0) is 15.0. The van der Waals surface area contributed by atoms with Crippen molar-refractivity contribution in [2.45, 2.75) is 44.2 Å². The second-order valence-corrected chi connectivity index (χ2v) is 7.04. The number of nitrogens with zero attached hydrogens (tertiary/aromatic N) is 3. The number of nitrogen functional groups attached to an aromatic ring is 1. The number of carbonyl (C=O) groups excluding carboxylic acids is 1. The average Bonchev–Trinajstić information content (AvgIpc) is 3.17. The molecule has 0 aromatic carbocycles. The predicted octanol–water partition coefficient (Wildman–Crippen LogP) is 1.28. The van der Waals surface area contributed by atoms with Gasteiger partial charge in [-0.05, 0) is 19.3 Å². The van der Waals surface area contributed by atoms with Crippen LogP contribution in [0, 0.1) is 0 Å². The highest BCUT2D eigenvalue weighted by molar-refractivity contribution is 7.18. The van der Waals surface area contributed by atoms with Crippen molar-refractivity contribution in [3.8, 4) is 0 Å². The third-order valence-electron chi connectivity index (χ3n) is 4.52. The van der Waals surface area contributed by atoms with Gasteiger partial charge in [0, 0.05) is 32.2 Å². The number of hydrogen-bond acceptors (Lipinski definition) is 6.